The monoisotopic (exact) mass is 317 g/mol. The lowest BCUT2D eigenvalue weighted by Gasteiger charge is -2.16. The molecule has 0 spiro atoms. The average Bonchev–Trinajstić information content (AvgIpc) is 2.78. The Hall–Kier alpha value is -2.32. The van der Waals surface area contributed by atoms with Crippen LogP contribution in [0.5, 0.6) is 0 Å². The van der Waals surface area contributed by atoms with Crippen molar-refractivity contribution < 1.29 is 17.7 Å². The number of aromatic nitrogens is 3. The van der Waals surface area contributed by atoms with E-state index in [1.54, 1.807) is 20.8 Å². The average molecular weight is 317 g/mol. The smallest absolute Gasteiger partial charge is 0.364 e. The highest BCUT2D eigenvalue weighted by atomic mass is 19.4. The highest BCUT2D eigenvalue weighted by Crippen LogP contribution is 2.26. The van der Waals surface area contributed by atoms with E-state index in [0.717, 1.165) is 4.57 Å². The number of hydrogen-bond donors (Lipinski definition) is 0. The number of halogens is 3. The number of nitrogens with zero attached hydrogens (tertiary/aromatic N) is 3. The molecule has 0 bridgehead atoms. The highest BCUT2D eigenvalue weighted by molar-refractivity contribution is 5.15. The van der Waals surface area contributed by atoms with Crippen LogP contribution in [-0.2, 0) is 12.7 Å². The summed E-state index contributed by atoms with van der Waals surface area (Å²) in [4.78, 5) is 24.3. The van der Waals surface area contributed by atoms with Crippen molar-refractivity contribution in [3.05, 3.63) is 50.1 Å². The van der Waals surface area contributed by atoms with E-state index in [1.807, 2.05) is 0 Å². The minimum Gasteiger partial charge on any atom is -0.364 e. The van der Waals surface area contributed by atoms with Gasteiger partial charge in [-0.3, -0.25) is 13.9 Å². The Morgan fingerprint density at radius 1 is 1.32 bits per heavy atom. The van der Waals surface area contributed by atoms with Crippen molar-refractivity contribution in [1.29, 1.82) is 0 Å². The molecule has 0 aromatic carbocycles. The topological polar surface area (TPSA) is 70.0 Å². The van der Waals surface area contributed by atoms with Crippen LogP contribution >= 0.6 is 0 Å². The quantitative estimate of drug-likeness (QED) is 0.867. The largest absolute Gasteiger partial charge is 0.423 e. The minimum atomic E-state index is -4.85. The number of alkyl halides is 3. The molecule has 0 N–H and O–H groups in total. The van der Waals surface area contributed by atoms with Crippen LogP contribution in [0.25, 0.3) is 0 Å². The van der Waals surface area contributed by atoms with Gasteiger partial charge in [-0.1, -0.05) is 5.16 Å². The first-order valence-corrected chi connectivity index (χ1v) is 6.46. The van der Waals surface area contributed by atoms with Crippen LogP contribution in [0.2, 0.25) is 0 Å². The van der Waals surface area contributed by atoms with Gasteiger partial charge in [-0.05, 0) is 20.8 Å². The molecule has 2 aromatic rings. The summed E-state index contributed by atoms with van der Waals surface area (Å²) in [7, 11) is 0. The van der Waals surface area contributed by atoms with Crippen LogP contribution in [0.15, 0.2) is 26.6 Å². The van der Waals surface area contributed by atoms with Crippen LogP contribution in [0.4, 0.5) is 13.2 Å². The van der Waals surface area contributed by atoms with Crippen molar-refractivity contribution in [1.82, 2.24) is 14.3 Å². The first-order valence-electron chi connectivity index (χ1n) is 6.46. The molecule has 2 rings (SSSR count). The van der Waals surface area contributed by atoms with Crippen molar-refractivity contribution in [2.75, 3.05) is 0 Å². The van der Waals surface area contributed by atoms with Crippen LogP contribution in [0.1, 0.15) is 36.7 Å². The Morgan fingerprint density at radius 2 is 1.95 bits per heavy atom. The maximum absolute atomic E-state index is 13.0. The summed E-state index contributed by atoms with van der Waals surface area (Å²) in [6.45, 7) is 4.34. The molecule has 0 saturated carbocycles. The zero-order valence-electron chi connectivity index (χ0n) is 12.1. The van der Waals surface area contributed by atoms with Crippen LogP contribution < -0.4 is 11.2 Å². The van der Waals surface area contributed by atoms with Crippen molar-refractivity contribution in [2.45, 2.75) is 39.5 Å². The Kier molecular flexibility index (Phi) is 3.99. The number of rotatable bonds is 3. The van der Waals surface area contributed by atoms with Gasteiger partial charge in [0.25, 0.3) is 5.56 Å². The fourth-order valence-electron chi connectivity index (χ4n) is 1.94. The highest BCUT2D eigenvalue weighted by Gasteiger charge is 2.36. The Bertz CT molecular complexity index is 799. The molecule has 0 atom stereocenters. The molecule has 6 nitrogen and oxygen atoms in total. The SMILES string of the molecule is Cc1conc1Cn1c(=O)c(C(F)(F)F)cn(C(C)C)c1=O. The van der Waals surface area contributed by atoms with E-state index in [2.05, 4.69) is 9.68 Å². The molecule has 22 heavy (non-hydrogen) atoms. The van der Waals surface area contributed by atoms with E-state index >= 15 is 0 Å². The van der Waals surface area contributed by atoms with E-state index in [-0.39, 0.29) is 12.2 Å². The van der Waals surface area contributed by atoms with Crippen LogP contribution in [0, 0.1) is 6.92 Å². The minimum absolute atomic E-state index is 0.230. The van der Waals surface area contributed by atoms with E-state index in [4.69, 9.17) is 0 Å². The lowest BCUT2D eigenvalue weighted by Crippen LogP contribution is -2.44. The number of hydrogen-bond acceptors (Lipinski definition) is 4. The molecule has 2 aromatic heterocycles. The molecule has 0 aliphatic carbocycles. The zero-order valence-corrected chi connectivity index (χ0v) is 12.1. The van der Waals surface area contributed by atoms with Crippen LogP contribution in [0.3, 0.4) is 0 Å². The predicted molar refractivity (Wildman–Crippen MR) is 70.7 cm³/mol. The maximum atomic E-state index is 13.0. The van der Waals surface area contributed by atoms with E-state index in [9.17, 15) is 22.8 Å². The summed E-state index contributed by atoms with van der Waals surface area (Å²) in [5.74, 6) is 0. The normalized spacial score (nSPS) is 12.1. The van der Waals surface area contributed by atoms with Crippen molar-refractivity contribution in [3.8, 4) is 0 Å². The lowest BCUT2D eigenvalue weighted by molar-refractivity contribution is -0.139. The lowest BCUT2D eigenvalue weighted by atomic mass is 10.2. The third-order valence-corrected chi connectivity index (χ3v) is 3.21. The summed E-state index contributed by atoms with van der Waals surface area (Å²) >= 11 is 0. The van der Waals surface area contributed by atoms with Crippen molar-refractivity contribution >= 4 is 0 Å². The van der Waals surface area contributed by atoms with Gasteiger partial charge in [0.1, 0.15) is 17.5 Å². The summed E-state index contributed by atoms with van der Waals surface area (Å²) in [5.41, 5.74) is -2.83. The second-order valence-corrected chi connectivity index (χ2v) is 5.16. The van der Waals surface area contributed by atoms with Gasteiger partial charge in [-0.15, -0.1) is 0 Å². The Morgan fingerprint density at radius 3 is 2.41 bits per heavy atom. The summed E-state index contributed by atoms with van der Waals surface area (Å²) in [6.07, 6.45) is -3.00. The van der Waals surface area contributed by atoms with Gasteiger partial charge in [0.05, 0.1) is 6.54 Å². The fourth-order valence-corrected chi connectivity index (χ4v) is 1.94. The molecule has 0 amide bonds. The van der Waals surface area contributed by atoms with Gasteiger partial charge in [-0.2, -0.15) is 13.2 Å². The molecule has 120 valence electrons. The summed E-state index contributed by atoms with van der Waals surface area (Å²) in [6, 6.07) is -0.529. The standard InChI is InChI=1S/C13H14F3N3O3/c1-7(2)18-4-9(13(14,15)16)11(20)19(12(18)21)5-10-8(3)6-22-17-10/h4,6-7H,5H2,1-3H3. The van der Waals surface area contributed by atoms with Gasteiger partial charge in [0.2, 0.25) is 0 Å². The van der Waals surface area contributed by atoms with Gasteiger partial charge >= 0.3 is 11.9 Å². The molecule has 0 unspecified atom stereocenters. The Balaban J connectivity index is 2.71. The first-order chi connectivity index (χ1) is 10.1. The predicted octanol–water partition coefficient (Wildman–Crippen LogP) is 1.95. The van der Waals surface area contributed by atoms with Crippen molar-refractivity contribution in [3.63, 3.8) is 0 Å². The fraction of sp³-hybridized carbons (Fsp3) is 0.462. The third-order valence-electron chi connectivity index (χ3n) is 3.21. The van der Waals surface area contributed by atoms with Gasteiger partial charge in [0, 0.05) is 17.8 Å². The Labute approximate surface area is 122 Å². The second-order valence-electron chi connectivity index (χ2n) is 5.16. The first kappa shape index (κ1) is 16.1. The van der Waals surface area contributed by atoms with Gasteiger partial charge in [-0.25, -0.2) is 4.79 Å². The summed E-state index contributed by atoms with van der Waals surface area (Å²) in [5, 5.41) is 3.60. The maximum Gasteiger partial charge on any atom is 0.423 e. The zero-order chi connectivity index (χ0) is 16.7. The molecular formula is C13H14F3N3O3. The number of aryl methyl sites for hydroxylation is 1. The summed E-state index contributed by atoms with van der Waals surface area (Å²) < 4.78 is 45.1. The van der Waals surface area contributed by atoms with Gasteiger partial charge < -0.3 is 4.52 Å². The van der Waals surface area contributed by atoms with Crippen molar-refractivity contribution in [2.24, 2.45) is 0 Å². The van der Waals surface area contributed by atoms with E-state index in [1.165, 1.54) is 6.26 Å². The molecular weight excluding hydrogens is 303 g/mol. The molecule has 0 fully saturated rings. The molecule has 0 radical (unpaired) electrons. The molecule has 0 aliphatic heterocycles. The van der Waals surface area contributed by atoms with E-state index in [0.29, 0.717) is 16.3 Å². The molecule has 0 aliphatic rings. The molecule has 2 heterocycles. The van der Waals surface area contributed by atoms with Gasteiger partial charge in [0.15, 0.2) is 0 Å². The second kappa shape index (κ2) is 5.47. The molecule has 0 saturated heterocycles. The molecule has 9 heteroatoms. The third kappa shape index (κ3) is 2.83. The van der Waals surface area contributed by atoms with E-state index < -0.39 is 29.0 Å². The van der Waals surface area contributed by atoms with Crippen LogP contribution in [-0.4, -0.2) is 14.3 Å².